The van der Waals surface area contributed by atoms with Crippen LogP contribution in [0, 0.1) is 0 Å². The van der Waals surface area contributed by atoms with Crippen LogP contribution in [0.5, 0.6) is 0 Å². The van der Waals surface area contributed by atoms with Crippen molar-refractivity contribution in [1.82, 2.24) is 15.2 Å². The summed E-state index contributed by atoms with van der Waals surface area (Å²) in [6.07, 6.45) is 4.73. The van der Waals surface area contributed by atoms with Gasteiger partial charge in [0, 0.05) is 37.9 Å². The van der Waals surface area contributed by atoms with E-state index in [1.807, 2.05) is 6.20 Å². The lowest BCUT2D eigenvalue weighted by atomic mass is 10.1. The Kier molecular flexibility index (Phi) is 4.22. The van der Waals surface area contributed by atoms with Gasteiger partial charge in [0.2, 0.25) is 0 Å². The van der Waals surface area contributed by atoms with Crippen molar-refractivity contribution in [2.75, 3.05) is 31.1 Å². The van der Waals surface area contributed by atoms with Gasteiger partial charge in [-0.1, -0.05) is 13.0 Å². The number of piperazine rings is 1. The highest BCUT2D eigenvalue weighted by Crippen LogP contribution is 2.27. The second-order valence-corrected chi connectivity index (χ2v) is 6.10. The molecular weight excluding hydrogens is 248 g/mol. The monoisotopic (exact) mass is 274 g/mol. The van der Waals surface area contributed by atoms with E-state index in [1.165, 1.54) is 31.5 Å². The second-order valence-electron chi connectivity index (χ2n) is 6.10. The van der Waals surface area contributed by atoms with E-state index in [2.05, 4.69) is 46.1 Å². The molecule has 3 heterocycles. The van der Waals surface area contributed by atoms with Crippen LogP contribution in [0.25, 0.3) is 0 Å². The molecule has 3 rings (SSSR count). The lowest BCUT2D eigenvalue weighted by molar-refractivity contribution is 0.202. The minimum atomic E-state index is 0.566. The van der Waals surface area contributed by atoms with Gasteiger partial charge in [0.25, 0.3) is 0 Å². The molecule has 2 aliphatic rings. The number of hydrogen-bond acceptors (Lipinski definition) is 4. The van der Waals surface area contributed by atoms with Crippen LogP contribution in [0.15, 0.2) is 18.3 Å². The molecule has 0 saturated carbocycles. The number of fused-ring (bicyclic) bond motifs is 1. The van der Waals surface area contributed by atoms with Gasteiger partial charge in [-0.25, -0.2) is 4.98 Å². The standard InChI is InChI=1S/C16H26N4/c1-3-17-9-14-6-7-16(18-10-14)20-12-15-5-4-8-19(15)11-13(20)2/h6-7,10,13,15,17H,3-5,8-9,11-12H2,1-2H3. The molecule has 20 heavy (non-hydrogen) atoms. The maximum atomic E-state index is 4.69. The molecule has 0 aromatic carbocycles. The largest absolute Gasteiger partial charge is 0.351 e. The quantitative estimate of drug-likeness (QED) is 0.908. The van der Waals surface area contributed by atoms with Gasteiger partial charge in [-0.15, -0.1) is 0 Å². The molecule has 2 saturated heterocycles. The van der Waals surface area contributed by atoms with Crippen molar-refractivity contribution < 1.29 is 0 Å². The number of hydrogen-bond donors (Lipinski definition) is 1. The number of aromatic nitrogens is 1. The molecule has 4 nitrogen and oxygen atoms in total. The summed E-state index contributed by atoms with van der Waals surface area (Å²) in [6.45, 7) is 9.98. The van der Waals surface area contributed by atoms with Gasteiger partial charge in [-0.2, -0.15) is 0 Å². The van der Waals surface area contributed by atoms with Crippen molar-refractivity contribution in [3.05, 3.63) is 23.9 Å². The van der Waals surface area contributed by atoms with Gasteiger partial charge in [0.1, 0.15) is 5.82 Å². The Labute approximate surface area is 122 Å². The lowest BCUT2D eigenvalue weighted by Crippen LogP contribution is -2.55. The molecule has 1 aromatic rings. The van der Waals surface area contributed by atoms with Gasteiger partial charge in [-0.05, 0) is 44.5 Å². The predicted octanol–water partition coefficient (Wildman–Crippen LogP) is 1.86. The normalized spacial score (nSPS) is 26.8. The van der Waals surface area contributed by atoms with E-state index in [1.54, 1.807) is 0 Å². The van der Waals surface area contributed by atoms with Crippen LogP contribution in [0.4, 0.5) is 5.82 Å². The number of nitrogens with one attached hydrogen (secondary N) is 1. The molecule has 1 aromatic heterocycles. The third-order valence-electron chi connectivity index (χ3n) is 4.62. The van der Waals surface area contributed by atoms with Crippen molar-refractivity contribution >= 4 is 5.82 Å². The van der Waals surface area contributed by atoms with Crippen LogP contribution in [0.3, 0.4) is 0 Å². The topological polar surface area (TPSA) is 31.4 Å². The fourth-order valence-electron chi connectivity index (χ4n) is 3.47. The van der Waals surface area contributed by atoms with Gasteiger partial charge < -0.3 is 10.2 Å². The van der Waals surface area contributed by atoms with Crippen molar-refractivity contribution in [3.8, 4) is 0 Å². The average molecular weight is 274 g/mol. The second kappa shape index (κ2) is 6.10. The summed E-state index contributed by atoms with van der Waals surface area (Å²) in [7, 11) is 0. The third kappa shape index (κ3) is 2.81. The van der Waals surface area contributed by atoms with Gasteiger partial charge in [-0.3, -0.25) is 4.90 Å². The van der Waals surface area contributed by atoms with E-state index >= 15 is 0 Å². The molecule has 2 fully saturated rings. The first-order valence-corrected chi connectivity index (χ1v) is 7.94. The van der Waals surface area contributed by atoms with Crippen LogP contribution in [-0.2, 0) is 6.54 Å². The SMILES string of the molecule is CCNCc1ccc(N2CC3CCCN3CC2C)nc1. The molecule has 0 aliphatic carbocycles. The van der Waals surface area contributed by atoms with E-state index in [4.69, 9.17) is 0 Å². The summed E-state index contributed by atoms with van der Waals surface area (Å²) in [5.41, 5.74) is 1.27. The van der Waals surface area contributed by atoms with Crippen LogP contribution in [0.1, 0.15) is 32.3 Å². The van der Waals surface area contributed by atoms with E-state index in [0.29, 0.717) is 6.04 Å². The fourth-order valence-corrected chi connectivity index (χ4v) is 3.47. The van der Waals surface area contributed by atoms with E-state index in [9.17, 15) is 0 Å². The van der Waals surface area contributed by atoms with Crippen molar-refractivity contribution in [3.63, 3.8) is 0 Å². The van der Waals surface area contributed by atoms with Gasteiger partial charge in [0.15, 0.2) is 0 Å². The minimum Gasteiger partial charge on any atom is -0.351 e. The Bertz CT molecular complexity index is 431. The predicted molar refractivity (Wildman–Crippen MR) is 83.0 cm³/mol. The first-order chi connectivity index (χ1) is 9.78. The maximum Gasteiger partial charge on any atom is 0.128 e. The third-order valence-corrected chi connectivity index (χ3v) is 4.62. The average Bonchev–Trinajstić information content (AvgIpc) is 2.92. The summed E-state index contributed by atoms with van der Waals surface area (Å²) in [6, 6.07) is 5.71. The Morgan fingerprint density at radius 2 is 2.25 bits per heavy atom. The summed E-state index contributed by atoms with van der Waals surface area (Å²) >= 11 is 0. The Morgan fingerprint density at radius 3 is 3.00 bits per heavy atom. The summed E-state index contributed by atoms with van der Waals surface area (Å²) in [5, 5.41) is 3.34. The molecule has 2 atom stereocenters. The van der Waals surface area contributed by atoms with Crippen molar-refractivity contribution in [1.29, 1.82) is 0 Å². The number of nitrogens with zero attached hydrogens (tertiary/aromatic N) is 3. The first kappa shape index (κ1) is 13.8. The summed E-state index contributed by atoms with van der Waals surface area (Å²) in [5.74, 6) is 1.14. The van der Waals surface area contributed by atoms with E-state index in [0.717, 1.165) is 31.5 Å². The van der Waals surface area contributed by atoms with Crippen molar-refractivity contribution in [2.24, 2.45) is 0 Å². The number of anilines is 1. The van der Waals surface area contributed by atoms with Gasteiger partial charge >= 0.3 is 0 Å². The highest BCUT2D eigenvalue weighted by molar-refractivity contribution is 5.41. The van der Waals surface area contributed by atoms with Crippen LogP contribution >= 0.6 is 0 Å². The zero-order valence-electron chi connectivity index (χ0n) is 12.7. The molecule has 0 bridgehead atoms. The summed E-state index contributed by atoms with van der Waals surface area (Å²) in [4.78, 5) is 9.83. The molecule has 0 radical (unpaired) electrons. The summed E-state index contributed by atoms with van der Waals surface area (Å²) < 4.78 is 0. The molecule has 2 aliphatic heterocycles. The molecule has 0 amide bonds. The Morgan fingerprint density at radius 1 is 1.35 bits per heavy atom. The minimum absolute atomic E-state index is 0.566. The van der Waals surface area contributed by atoms with Gasteiger partial charge in [0.05, 0.1) is 0 Å². The van der Waals surface area contributed by atoms with E-state index in [-0.39, 0.29) is 0 Å². The van der Waals surface area contributed by atoms with E-state index < -0.39 is 0 Å². The highest BCUT2D eigenvalue weighted by atomic mass is 15.3. The Hall–Kier alpha value is -1.13. The molecule has 1 N–H and O–H groups in total. The van der Waals surface area contributed by atoms with Crippen LogP contribution in [0.2, 0.25) is 0 Å². The zero-order chi connectivity index (χ0) is 13.9. The molecule has 2 unspecified atom stereocenters. The smallest absolute Gasteiger partial charge is 0.128 e. The highest BCUT2D eigenvalue weighted by Gasteiger charge is 2.34. The van der Waals surface area contributed by atoms with Crippen molar-refractivity contribution in [2.45, 2.75) is 45.3 Å². The van der Waals surface area contributed by atoms with Crippen LogP contribution in [-0.4, -0.2) is 48.1 Å². The maximum absolute atomic E-state index is 4.69. The molecular formula is C16H26N4. The molecule has 0 spiro atoms. The van der Waals surface area contributed by atoms with Crippen LogP contribution < -0.4 is 10.2 Å². The first-order valence-electron chi connectivity index (χ1n) is 7.94. The molecule has 4 heteroatoms. The Balaban J connectivity index is 1.68. The number of rotatable bonds is 4. The molecule has 110 valence electrons. The zero-order valence-corrected chi connectivity index (χ0v) is 12.7. The fraction of sp³-hybridized carbons (Fsp3) is 0.688. The lowest BCUT2D eigenvalue weighted by Gasteiger charge is -2.43. The number of pyridine rings is 1.